The molecule has 0 radical (unpaired) electrons. The summed E-state index contributed by atoms with van der Waals surface area (Å²) in [7, 11) is 0. The third-order valence-electron chi connectivity index (χ3n) is 3.08. The Balaban J connectivity index is 2.95. The van der Waals surface area contributed by atoms with Gasteiger partial charge in [-0.05, 0) is 32.4 Å². The third kappa shape index (κ3) is 3.12. The van der Waals surface area contributed by atoms with Crippen LogP contribution < -0.4 is 0 Å². The molecule has 1 unspecified atom stereocenters. The summed E-state index contributed by atoms with van der Waals surface area (Å²) in [5.41, 5.74) is 0.430. The number of amides is 1. The van der Waals surface area contributed by atoms with Gasteiger partial charge in [0.2, 0.25) is 0 Å². The van der Waals surface area contributed by atoms with Gasteiger partial charge in [-0.3, -0.25) is 9.59 Å². The van der Waals surface area contributed by atoms with E-state index >= 15 is 0 Å². The zero-order valence-electron chi connectivity index (χ0n) is 11.1. The Labute approximate surface area is 107 Å². The minimum atomic E-state index is -0.952. The lowest BCUT2D eigenvalue weighted by Gasteiger charge is -2.27. The van der Waals surface area contributed by atoms with Gasteiger partial charge in [-0.25, -0.2) is 0 Å². The molecular weight excluding hydrogens is 232 g/mol. The number of carboxylic acid groups (broad SMARTS) is 1. The molecule has 0 aliphatic rings. The van der Waals surface area contributed by atoms with Gasteiger partial charge in [-0.15, -0.1) is 0 Å². The Hall–Kier alpha value is -1.78. The zero-order valence-corrected chi connectivity index (χ0v) is 11.1. The maximum absolute atomic E-state index is 12.4. The fourth-order valence-electron chi connectivity index (χ4n) is 1.91. The highest BCUT2D eigenvalue weighted by Gasteiger charge is 2.21. The molecule has 0 aliphatic carbocycles. The van der Waals surface area contributed by atoms with E-state index in [9.17, 15) is 9.59 Å². The SMILES string of the molecule is CCC(C)N(CC)C(=O)c1cccn1CC(=O)O. The molecule has 1 N–H and O–H groups in total. The van der Waals surface area contributed by atoms with Crippen LogP contribution >= 0.6 is 0 Å². The predicted molar refractivity (Wildman–Crippen MR) is 68.5 cm³/mol. The van der Waals surface area contributed by atoms with Crippen LogP contribution in [0.2, 0.25) is 0 Å². The van der Waals surface area contributed by atoms with Crippen molar-refractivity contribution in [3.05, 3.63) is 24.0 Å². The number of aliphatic carboxylic acids is 1. The summed E-state index contributed by atoms with van der Waals surface area (Å²) in [5.74, 6) is -1.06. The minimum Gasteiger partial charge on any atom is -0.480 e. The number of rotatable bonds is 6. The fourth-order valence-corrected chi connectivity index (χ4v) is 1.91. The van der Waals surface area contributed by atoms with E-state index in [0.29, 0.717) is 12.2 Å². The largest absolute Gasteiger partial charge is 0.480 e. The van der Waals surface area contributed by atoms with Gasteiger partial charge in [0.25, 0.3) is 5.91 Å². The van der Waals surface area contributed by atoms with Crippen molar-refractivity contribution < 1.29 is 14.7 Å². The molecule has 18 heavy (non-hydrogen) atoms. The van der Waals surface area contributed by atoms with Crippen LogP contribution in [-0.2, 0) is 11.3 Å². The Kier molecular flexibility index (Phi) is 4.95. The Morgan fingerprint density at radius 1 is 1.44 bits per heavy atom. The average molecular weight is 252 g/mol. The first-order valence-electron chi connectivity index (χ1n) is 6.19. The summed E-state index contributed by atoms with van der Waals surface area (Å²) < 4.78 is 1.47. The van der Waals surface area contributed by atoms with Crippen LogP contribution in [0.15, 0.2) is 18.3 Å². The highest BCUT2D eigenvalue weighted by atomic mass is 16.4. The highest BCUT2D eigenvalue weighted by molar-refractivity contribution is 5.93. The number of carboxylic acids is 1. The fraction of sp³-hybridized carbons (Fsp3) is 0.538. The first-order valence-corrected chi connectivity index (χ1v) is 6.19. The lowest BCUT2D eigenvalue weighted by molar-refractivity contribution is -0.137. The zero-order chi connectivity index (χ0) is 13.7. The summed E-state index contributed by atoms with van der Waals surface area (Å²) in [6, 6.07) is 3.51. The molecule has 0 spiro atoms. The molecular formula is C13H20N2O3. The molecule has 0 bridgehead atoms. The molecule has 1 aromatic rings. The molecule has 1 aromatic heterocycles. The standard InChI is InChI=1S/C13H20N2O3/c1-4-10(3)15(5-2)13(18)11-7-6-8-14(11)9-12(16)17/h6-8,10H,4-5,9H2,1-3H3,(H,16,17). The van der Waals surface area contributed by atoms with Crippen molar-refractivity contribution in [1.82, 2.24) is 9.47 Å². The van der Waals surface area contributed by atoms with Crippen LogP contribution in [0.4, 0.5) is 0 Å². The van der Waals surface area contributed by atoms with E-state index in [1.54, 1.807) is 23.2 Å². The second kappa shape index (κ2) is 6.23. The molecule has 0 saturated heterocycles. The van der Waals surface area contributed by atoms with Crippen LogP contribution in [0, 0.1) is 0 Å². The van der Waals surface area contributed by atoms with Crippen LogP contribution in [0.25, 0.3) is 0 Å². The summed E-state index contributed by atoms with van der Waals surface area (Å²) in [4.78, 5) is 24.8. The van der Waals surface area contributed by atoms with E-state index in [1.165, 1.54) is 4.57 Å². The number of carbonyl (C=O) groups excluding carboxylic acids is 1. The molecule has 5 heteroatoms. The number of hydrogen-bond donors (Lipinski definition) is 1. The Morgan fingerprint density at radius 3 is 2.61 bits per heavy atom. The lowest BCUT2D eigenvalue weighted by Crippen LogP contribution is -2.39. The van der Waals surface area contributed by atoms with Crippen LogP contribution in [-0.4, -0.2) is 39.0 Å². The second-order valence-corrected chi connectivity index (χ2v) is 4.26. The van der Waals surface area contributed by atoms with Crippen molar-refractivity contribution >= 4 is 11.9 Å². The van der Waals surface area contributed by atoms with Gasteiger partial charge in [-0.1, -0.05) is 6.92 Å². The molecule has 1 heterocycles. The van der Waals surface area contributed by atoms with Crippen molar-refractivity contribution in [2.24, 2.45) is 0 Å². The maximum Gasteiger partial charge on any atom is 0.323 e. The molecule has 0 saturated carbocycles. The summed E-state index contributed by atoms with van der Waals surface area (Å²) in [5, 5.41) is 8.80. The number of hydrogen-bond acceptors (Lipinski definition) is 2. The third-order valence-corrected chi connectivity index (χ3v) is 3.08. The van der Waals surface area contributed by atoms with Gasteiger partial charge in [-0.2, -0.15) is 0 Å². The number of carbonyl (C=O) groups is 2. The predicted octanol–water partition coefficient (Wildman–Crippen LogP) is 1.83. The number of aromatic nitrogens is 1. The molecule has 1 amide bonds. The first-order chi connectivity index (χ1) is 8.51. The first kappa shape index (κ1) is 14.3. The molecule has 1 rings (SSSR count). The van der Waals surface area contributed by atoms with E-state index in [2.05, 4.69) is 0 Å². The molecule has 0 fully saturated rings. The molecule has 100 valence electrons. The molecule has 0 aliphatic heterocycles. The van der Waals surface area contributed by atoms with Gasteiger partial charge in [0.15, 0.2) is 0 Å². The quantitative estimate of drug-likeness (QED) is 0.840. The van der Waals surface area contributed by atoms with Gasteiger partial charge in [0.1, 0.15) is 12.2 Å². The van der Waals surface area contributed by atoms with Crippen molar-refractivity contribution in [2.75, 3.05) is 6.54 Å². The highest BCUT2D eigenvalue weighted by Crippen LogP contribution is 2.11. The topological polar surface area (TPSA) is 62.5 Å². The van der Waals surface area contributed by atoms with Gasteiger partial charge >= 0.3 is 5.97 Å². The van der Waals surface area contributed by atoms with E-state index < -0.39 is 5.97 Å². The van der Waals surface area contributed by atoms with Crippen molar-refractivity contribution in [1.29, 1.82) is 0 Å². The van der Waals surface area contributed by atoms with Gasteiger partial charge in [0.05, 0.1) is 0 Å². The van der Waals surface area contributed by atoms with Crippen LogP contribution in [0.1, 0.15) is 37.7 Å². The maximum atomic E-state index is 12.4. The summed E-state index contributed by atoms with van der Waals surface area (Å²) >= 11 is 0. The van der Waals surface area contributed by atoms with Gasteiger partial charge < -0.3 is 14.6 Å². The molecule has 5 nitrogen and oxygen atoms in total. The normalized spacial score (nSPS) is 12.2. The molecule has 1 atom stereocenters. The van der Waals surface area contributed by atoms with E-state index in [0.717, 1.165) is 6.42 Å². The van der Waals surface area contributed by atoms with E-state index in [-0.39, 0.29) is 18.5 Å². The van der Waals surface area contributed by atoms with Crippen LogP contribution in [0.5, 0.6) is 0 Å². The monoisotopic (exact) mass is 252 g/mol. The van der Waals surface area contributed by atoms with Crippen molar-refractivity contribution in [3.63, 3.8) is 0 Å². The Bertz CT molecular complexity index is 426. The van der Waals surface area contributed by atoms with E-state index in [1.807, 2.05) is 20.8 Å². The summed E-state index contributed by atoms with van der Waals surface area (Å²) in [6.07, 6.45) is 2.49. The second-order valence-electron chi connectivity index (χ2n) is 4.26. The van der Waals surface area contributed by atoms with E-state index in [4.69, 9.17) is 5.11 Å². The number of nitrogens with zero attached hydrogens (tertiary/aromatic N) is 2. The van der Waals surface area contributed by atoms with Crippen LogP contribution in [0.3, 0.4) is 0 Å². The smallest absolute Gasteiger partial charge is 0.323 e. The lowest BCUT2D eigenvalue weighted by atomic mass is 10.2. The average Bonchev–Trinajstić information content (AvgIpc) is 2.76. The Morgan fingerprint density at radius 2 is 2.11 bits per heavy atom. The van der Waals surface area contributed by atoms with Crippen molar-refractivity contribution in [3.8, 4) is 0 Å². The minimum absolute atomic E-state index is 0.113. The van der Waals surface area contributed by atoms with Crippen molar-refractivity contribution in [2.45, 2.75) is 39.8 Å². The summed E-state index contributed by atoms with van der Waals surface area (Å²) in [6.45, 7) is 6.37. The van der Waals surface area contributed by atoms with Gasteiger partial charge in [0, 0.05) is 18.8 Å². The molecule has 0 aromatic carbocycles.